The number of ether oxygens (including phenoxy) is 2. The molecule has 0 fully saturated rings. The van der Waals surface area contributed by atoms with Crippen molar-refractivity contribution >= 4 is 23.9 Å². The summed E-state index contributed by atoms with van der Waals surface area (Å²) in [5.74, 6) is -0.641. The Morgan fingerprint density at radius 3 is 0.878 bits per heavy atom. The normalized spacial score (nSPS) is 12.9. The summed E-state index contributed by atoms with van der Waals surface area (Å²) in [6.07, 6.45) is 22.8. The molecule has 0 aliphatic rings. The van der Waals surface area contributed by atoms with Crippen LogP contribution in [0, 0.1) is 21.7 Å². The molecule has 12 nitrogen and oxygen atoms in total. The molecule has 4 heterocycles. The van der Waals surface area contributed by atoms with Crippen molar-refractivity contribution in [2.45, 2.75) is 251 Å². The second kappa shape index (κ2) is 40.1. The second-order valence-electron chi connectivity index (χ2n) is 25.5. The molecule has 1 N–H and O–H groups in total. The van der Waals surface area contributed by atoms with Crippen LogP contribution in [-0.2, 0) is 48.3 Å². The van der Waals surface area contributed by atoms with Crippen molar-refractivity contribution in [3.8, 4) is 0 Å². The first-order chi connectivity index (χ1) is 36.0. The Hall–Kier alpha value is -2.44. The minimum Gasteiger partial charge on any atom is -1.00 e. The van der Waals surface area contributed by atoms with E-state index in [0.29, 0.717) is 30.6 Å². The van der Waals surface area contributed by atoms with E-state index in [9.17, 15) is 29.4 Å². The molecule has 0 saturated carbocycles. The van der Waals surface area contributed by atoms with Crippen LogP contribution in [0.2, 0.25) is 0 Å². The van der Waals surface area contributed by atoms with Gasteiger partial charge in [-0.2, -0.15) is 0 Å². The van der Waals surface area contributed by atoms with E-state index in [2.05, 4.69) is 128 Å². The van der Waals surface area contributed by atoms with Gasteiger partial charge in [-0.05, 0) is 213 Å². The van der Waals surface area contributed by atoms with Gasteiger partial charge >= 0.3 is 69.3 Å². The summed E-state index contributed by atoms with van der Waals surface area (Å²) in [6, 6.07) is 16.8. The summed E-state index contributed by atoms with van der Waals surface area (Å²) in [5.41, 5.74) is 1.68. The number of aryl methyl sites for hydroxylation is 3. The molecule has 4 aromatic rings. The van der Waals surface area contributed by atoms with E-state index in [-0.39, 0.29) is 120 Å². The summed E-state index contributed by atoms with van der Waals surface area (Å²) in [4.78, 5) is 51.1. The number of hydrogen-bond donors (Lipinski definition) is 1. The Balaban J connectivity index is -0.000000488. The molecule has 460 valence electrons. The molecule has 0 spiro atoms. The van der Waals surface area contributed by atoms with Crippen molar-refractivity contribution in [1.29, 1.82) is 0 Å². The summed E-state index contributed by atoms with van der Waals surface area (Å²) < 4.78 is 17.5. The molecule has 4 atom stereocenters. The monoisotopic (exact) mass is 1360 g/mol. The summed E-state index contributed by atoms with van der Waals surface area (Å²) in [6.45, 7) is 44.2. The molecule has 4 unspecified atom stereocenters. The standard InChI is InChI=1S/C19H32NO2.C17H27NO2.2C15H23NO2.3BrH.K/c1-8-15(16-10-12-20(9-2)13-11-16)14-19(6,7)17(21)22-18(3,4)5;1-7-13(14-8-10-18-11-9-14)12-17(5,6)15(19)20-16(2,3)4;2*1-5-12(11-15(3,4)14(17)18)13-7-9-16(6-2)10-8-13;;;;/h10-13,15H,8-9,14H2,1-7H3;8-11,13H,7,12H2,1-6H3;2*7-10,12H,5-6,11H2,1-4H3;3*1H;/q+1;;;;;;;+1/p-2. The van der Waals surface area contributed by atoms with E-state index < -0.39 is 44.8 Å². The maximum atomic E-state index is 12.4. The quantitative estimate of drug-likeness (QED) is 0.0657. The summed E-state index contributed by atoms with van der Waals surface area (Å²) in [7, 11) is 0. The Kier molecular flexibility index (Phi) is 42.1. The molecule has 0 amide bonds. The van der Waals surface area contributed by atoms with Crippen LogP contribution in [0.15, 0.2) is 98.1 Å². The van der Waals surface area contributed by atoms with Crippen molar-refractivity contribution in [3.63, 3.8) is 0 Å². The molecule has 0 aliphatic heterocycles. The van der Waals surface area contributed by atoms with Gasteiger partial charge in [0.2, 0.25) is 0 Å². The Bertz CT molecular complexity index is 2330. The smallest absolute Gasteiger partial charge is 1.00 e. The molecule has 4 aromatic heterocycles. The fraction of sp³-hybridized carbons (Fsp3) is 0.636. The molecule has 0 bridgehead atoms. The minimum absolute atomic E-state index is 0. The SMILES string of the molecule is CCC(CC(C)(C)C(=O)O)c1cc[n+](CC)cc1.CCC(CC(C)(C)C(=O)OC(C)(C)C)c1cc[n+](CC)cc1.CCC(CC(C)(C)C(=O)OC(C)(C)C)c1ccncc1.CCC(CC(C)(C)C(=O)[O-])c1cc[n+](CC)cc1.[Br-].[Br-].[Br-].[K+]. The van der Waals surface area contributed by atoms with E-state index in [1.165, 1.54) is 22.3 Å². The number of hydrogen-bond acceptors (Lipinski definition) is 8. The Morgan fingerprint density at radius 2 is 0.671 bits per heavy atom. The number of halogens is 3. The Labute approximate surface area is 571 Å². The third-order valence-electron chi connectivity index (χ3n) is 14.5. The summed E-state index contributed by atoms with van der Waals surface area (Å²) >= 11 is 0. The van der Waals surface area contributed by atoms with Gasteiger partial charge in [0.15, 0.2) is 37.2 Å². The van der Waals surface area contributed by atoms with Crippen LogP contribution in [0.3, 0.4) is 0 Å². The maximum absolute atomic E-state index is 12.4. The van der Waals surface area contributed by atoms with Gasteiger partial charge in [0.05, 0.1) is 16.2 Å². The van der Waals surface area contributed by atoms with Gasteiger partial charge in [0, 0.05) is 60.2 Å². The molecule has 16 heteroatoms. The number of carboxylic acids is 2. The van der Waals surface area contributed by atoms with Crippen molar-refractivity contribution in [1.82, 2.24) is 4.98 Å². The number of esters is 2. The summed E-state index contributed by atoms with van der Waals surface area (Å²) in [5, 5.41) is 20.3. The van der Waals surface area contributed by atoms with Crippen molar-refractivity contribution in [2.75, 3.05) is 0 Å². The van der Waals surface area contributed by atoms with Crippen LogP contribution >= 0.6 is 0 Å². The third kappa shape index (κ3) is 31.8. The Morgan fingerprint density at radius 1 is 0.439 bits per heavy atom. The minimum atomic E-state index is -0.972. The fourth-order valence-electron chi connectivity index (χ4n) is 9.12. The zero-order valence-corrected chi connectivity index (χ0v) is 62.4. The molecule has 0 aromatic carbocycles. The topological polar surface area (TPSA) is 155 Å². The predicted octanol–water partition coefficient (Wildman–Crippen LogP) is 1.24. The molecule has 4 rings (SSSR count). The zero-order valence-electron chi connectivity index (χ0n) is 54.6. The number of nitrogens with zero attached hydrogens (tertiary/aromatic N) is 4. The zero-order chi connectivity index (χ0) is 59.9. The molecule has 0 aliphatic carbocycles. The van der Waals surface area contributed by atoms with E-state index >= 15 is 0 Å². The molecule has 0 saturated heterocycles. The third-order valence-corrected chi connectivity index (χ3v) is 14.5. The van der Waals surface area contributed by atoms with E-state index in [0.717, 1.165) is 58.2 Å². The van der Waals surface area contributed by atoms with Gasteiger partial charge < -0.3 is 75.4 Å². The number of aliphatic carboxylic acids is 2. The van der Waals surface area contributed by atoms with Gasteiger partial charge in [-0.25, -0.2) is 13.7 Å². The average Bonchev–Trinajstić information content (AvgIpc) is 3.38. The van der Waals surface area contributed by atoms with Crippen LogP contribution in [0.25, 0.3) is 0 Å². The van der Waals surface area contributed by atoms with Crippen LogP contribution in [0.1, 0.15) is 243 Å². The maximum Gasteiger partial charge on any atom is 1.00 e. The first-order valence-electron chi connectivity index (χ1n) is 28.8. The van der Waals surface area contributed by atoms with Crippen LogP contribution in [0.5, 0.6) is 0 Å². The van der Waals surface area contributed by atoms with Crippen molar-refractivity contribution in [3.05, 3.63) is 120 Å². The van der Waals surface area contributed by atoms with Crippen LogP contribution in [0.4, 0.5) is 0 Å². The molecule has 0 radical (unpaired) electrons. The van der Waals surface area contributed by atoms with E-state index in [1.54, 1.807) is 40.1 Å². The van der Waals surface area contributed by atoms with Crippen molar-refractivity contribution in [2.24, 2.45) is 21.7 Å². The first-order valence-corrected chi connectivity index (χ1v) is 28.8. The van der Waals surface area contributed by atoms with Crippen LogP contribution in [-0.4, -0.2) is 45.2 Å². The second-order valence-corrected chi connectivity index (χ2v) is 25.5. The van der Waals surface area contributed by atoms with E-state index in [4.69, 9.17) is 9.47 Å². The number of pyridine rings is 4. The largest absolute Gasteiger partial charge is 1.00 e. The fourth-order valence-corrected chi connectivity index (χ4v) is 9.12. The van der Waals surface area contributed by atoms with Gasteiger partial charge in [0.25, 0.3) is 0 Å². The van der Waals surface area contributed by atoms with Crippen LogP contribution < -0.4 is 121 Å². The van der Waals surface area contributed by atoms with Crippen molar-refractivity contribution < 1.29 is 155 Å². The predicted molar refractivity (Wildman–Crippen MR) is 311 cm³/mol. The number of carbonyl (C=O) groups is 4. The number of carbonyl (C=O) groups excluding carboxylic acids is 3. The van der Waals surface area contributed by atoms with Gasteiger partial charge in [0.1, 0.15) is 30.8 Å². The van der Waals surface area contributed by atoms with E-state index in [1.807, 2.05) is 93.8 Å². The molecule has 82 heavy (non-hydrogen) atoms. The number of rotatable bonds is 23. The average molecular weight is 1360 g/mol. The van der Waals surface area contributed by atoms with Gasteiger partial charge in [-0.15, -0.1) is 0 Å². The number of carboxylic acid groups (broad SMARTS) is 2. The number of aromatic nitrogens is 4. The van der Waals surface area contributed by atoms with Gasteiger partial charge in [-0.1, -0.05) is 41.5 Å². The molecular formula is C66H106Br3KN4O8. The first kappa shape index (κ1) is 86.0. The van der Waals surface area contributed by atoms with Gasteiger partial charge in [-0.3, -0.25) is 19.4 Å². The molecular weight excluding hydrogens is 1260 g/mol.